The minimum Gasteiger partial charge on any atom is -0.341 e. The lowest BCUT2D eigenvalue weighted by Crippen LogP contribution is -2.70. The number of aromatic nitrogens is 2. The smallest absolute Gasteiger partial charge is 0.253 e. The fourth-order valence-corrected chi connectivity index (χ4v) is 5.37. The number of thiol groups is 1. The third-order valence-corrected chi connectivity index (χ3v) is 6.57. The standard InChI is InChI=1S/C17H14N4O3S3/c22-12(6-9-4-2-1-3-5-9)19-13-15(23)21-14(17(24)25)10(8-26-16(13)21)11-7-18-20-27-11/h1-5,7,13,16H,6,8H2,(H,19,22)(H,24,25)/t13-,16-/m1/s1. The molecule has 10 heteroatoms. The Balaban J connectivity index is 1.51. The fraction of sp³-hybridized carbons (Fsp3) is 0.235. The van der Waals surface area contributed by atoms with Crippen LogP contribution in [0.1, 0.15) is 10.4 Å². The molecule has 0 radical (unpaired) electrons. The highest BCUT2D eigenvalue weighted by atomic mass is 32.2. The number of hydrogen-bond donors (Lipinski definition) is 2. The van der Waals surface area contributed by atoms with Crippen molar-refractivity contribution in [3.63, 3.8) is 0 Å². The Morgan fingerprint density at radius 1 is 1.30 bits per heavy atom. The van der Waals surface area contributed by atoms with Gasteiger partial charge in [-0.2, -0.15) is 0 Å². The van der Waals surface area contributed by atoms with Gasteiger partial charge in [0.2, 0.25) is 11.0 Å². The Hall–Kier alpha value is -2.17. The Morgan fingerprint density at radius 2 is 2.07 bits per heavy atom. The molecule has 0 unspecified atom stereocenters. The minimum atomic E-state index is -0.643. The summed E-state index contributed by atoms with van der Waals surface area (Å²) in [5.41, 5.74) is 1.83. The zero-order chi connectivity index (χ0) is 19.0. The minimum absolute atomic E-state index is 0.202. The summed E-state index contributed by atoms with van der Waals surface area (Å²) in [6, 6.07) is 8.68. The first-order chi connectivity index (χ1) is 13.1. The molecule has 2 aliphatic rings. The van der Waals surface area contributed by atoms with E-state index in [2.05, 4.69) is 27.5 Å². The van der Waals surface area contributed by atoms with Crippen LogP contribution in [0.4, 0.5) is 0 Å². The molecule has 4 rings (SSSR count). The number of hydrogen-bond acceptors (Lipinski definition) is 7. The number of carbonyl (C=O) groups is 3. The molecule has 1 fully saturated rings. The quantitative estimate of drug-likeness (QED) is 0.563. The van der Waals surface area contributed by atoms with Gasteiger partial charge in [-0.15, -0.1) is 16.9 Å². The van der Waals surface area contributed by atoms with Gasteiger partial charge in [-0.3, -0.25) is 19.3 Å². The lowest BCUT2D eigenvalue weighted by Gasteiger charge is -2.49. The van der Waals surface area contributed by atoms with E-state index in [1.807, 2.05) is 30.3 Å². The molecule has 138 valence electrons. The summed E-state index contributed by atoms with van der Waals surface area (Å²) in [4.78, 5) is 39.2. The molecule has 2 aromatic rings. The van der Waals surface area contributed by atoms with Crippen LogP contribution in [-0.2, 0) is 20.8 Å². The van der Waals surface area contributed by atoms with Gasteiger partial charge in [0.15, 0.2) is 0 Å². The van der Waals surface area contributed by atoms with Gasteiger partial charge in [0.05, 0.1) is 17.5 Å². The highest BCUT2D eigenvalue weighted by molar-refractivity contribution is 8.00. The molecule has 1 saturated heterocycles. The lowest BCUT2D eigenvalue weighted by atomic mass is 10.0. The molecule has 2 aliphatic heterocycles. The highest BCUT2D eigenvalue weighted by Gasteiger charge is 2.53. The van der Waals surface area contributed by atoms with Crippen LogP contribution in [-0.4, -0.2) is 48.6 Å². The van der Waals surface area contributed by atoms with E-state index >= 15 is 0 Å². The molecular formula is C17H14N4O3S3. The summed E-state index contributed by atoms with van der Waals surface area (Å²) in [6.07, 6.45) is 1.77. The van der Waals surface area contributed by atoms with E-state index in [1.165, 1.54) is 28.2 Å². The monoisotopic (exact) mass is 418 g/mol. The average Bonchev–Trinajstić information content (AvgIpc) is 3.20. The number of thioether (sulfide) groups is 1. The number of benzene rings is 1. The largest absolute Gasteiger partial charge is 0.341 e. The number of nitrogens with one attached hydrogen (secondary N) is 1. The third kappa shape index (κ3) is 3.40. The van der Waals surface area contributed by atoms with Crippen LogP contribution >= 0.6 is 35.9 Å². The van der Waals surface area contributed by atoms with Gasteiger partial charge in [0.1, 0.15) is 17.1 Å². The van der Waals surface area contributed by atoms with Gasteiger partial charge >= 0.3 is 0 Å². The number of rotatable bonds is 5. The predicted octanol–water partition coefficient (Wildman–Crippen LogP) is 1.35. The Labute approximate surface area is 168 Å². The molecule has 2 amide bonds. The third-order valence-electron chi connectivity index (χ3n) is 4.35. The number of fused-ring (bicyclic) bond motifs is 1. The second kappa shape index (κ2) is 7.45. The molecule has 0 saturated carbocycles. The van der Waals surface area contributed by atoms with E-state index in [-0.39, 0.29) is 29.3 Å². The van der Waals surface area contributed by atoms with E-state index in [1.54, 1.807) is 6.20 Å². The zero-order valence-corrected chi connectivity index (χ0v) is 16.4. The van der Waals surface area contributed by atoms with Crippen molar-refractivity contribution < 1.29 is 14.4 Å². The van der Waals surface area contributed by atoms with Crippen molar-refractivity contribution in [1.29, 1.82) is 0 Å². The first-order valence-corrected chi connectivity index (χ1v) is 10.4. The van der Waals surface area contributed by atoms with Crippen LogP contribution in [0.2, 0.25) is 0 Å². The molecule has 0 bridgehead atoms. The van der Waals surface area contributed by atoms with E-state index in [4.69, 9.17) is 0 Å². The maximum atomic E-state index is 12.7. The van der Waals surface area contributed by atoms with Crippen molar-refractivity contribution in [3.05, 3.63) is 52.7 Å². The molecule has 27 heavy (non-hydrogen) atoms. The van der Waals surface area contributed by atoms with Crippen LogP contribution in [0.25, 0.3) is 5.57 Å². The van der Waals surface area contributed by atoms with Gasteiger partial charge in [-0.25, -0.2) is 0 Å². The summed E-state index contributed by atoms with van der Waals surface area (Å²) in [7, 11) is 0. The van der Waals surface area contributed by atoms with E-state index in [9.17, 15) is 14.4 Å². The first-order valence-electron chi connectivity index (χ1n) is 8.08. The number of carbonyl (C=O) groups excluding carboxylic acids is 3. The second-order valence-corrected chi connectivity index (χ2v) is 8.33. The van der Waals surface area contributed by atoms with Crippen LogP contribution in [0.15, 0.2) is 42.2 Å². The summed E-state index contributed by atoms with van der Waals surface area (Å²) < 4.78 is 3.82. The molecule has 1 aromatic carbocycles. The lowest BCUT2D eigenvalue weighted by molar-refractivity contribution is -0.146. The number of β-lactam (4-membered cyclic amide) rings is 1. The molecule has 1 aromatic heterocycles. The van der Waals surface area contributed by atoms with Crippen molar-refractivity contribution in [2.45, 2.75) is 17.8 Å². The summed E-state index contributed by atoms with van der Waals surface area (Å²) in [5, 5.41) is 5.79. The van der Waals surface area contributed by atoms with Crippen LogP contribution < -0.4 is 5.32 Å². The first kappa shape index (κ1) is 18.2. The van der Waals surface area contributed by atoms with Crippen molar-refractivity contribution in [1.82, 2.24) is 19.8 Å². The number of nitrogens with zero attached hydrogens (tertiary/aromatic N) is 3. The number of amides is 2. The SMILES string of the molecule is O=C(Cc1ccccc1)N[C@@H]1C(=O)N2C(C(=O)S)=C(c3cnns3)CS[C@H]12. The van der Waals surface area contributed by atoms with Gasteiger partial charge in [0, 0.05) is 11.3 Å². The van der Waals surface area contributed by atoms with E-state index in [0.29, 0.717) is 11.3 Å². The van der Waals surface area contributed by atoms with Crippen molar-refractivity contribution >= 4 is 58.4 Å². The Morgan fingerprint density at radius 3 is 2.74 bits per heavy atom. The van der Waals surface area contributed by atoms with Crippen molar-refractivity contribution in [3.8, 4) is 0 Å². The van der Waals surface area contributed by atoms with Gasteiger partial charge in [0.25, 0.3) is 5.91 Å². The van der Waals surface area contributed by atoms with E-state index in [0.717, 1.165) is 10.4 Å². The summed E-state index contributed by atoms with van der Waals surface area (Å²) >= 11 is 6.61. The zero-order valence-electron chi connectivity index (χ0n) is 13.9. The van der Waals surface area contributed by atoms with E-state index < -0.39 is 11.2 Å². The van der Waals surface area contributed by atoms with Crippen LogP contribution in [0.5, 0.6) is 0 Å². The Kier molecular flexibility index (Phi) is 5.02. The van der Waals surface area contributed by atoms with Gasteiger partial charge in [-0.1, -0.05) is 47.4 Å². The fourth-order valence-electron chi connectivity index (χ4n) is 3.11. The van der Waals surface area contributed by atoms with Crippen LogP contribution in [0.3, 0.4) is 0 Å². The molecule has 3 heterocycles. The van der Waals surface area contributed by atoms with Crippen LogP contribution in [0, 0.1) is 0 Å². The molecular weight excluding hydrogens is 404 g/mol. The maximum absolute atomic E-state index is 12.7. The normalized spacial score (nSPS) is 21.5. The van der Waals surface area contributed by atoms with Gasteiger partial charge in [-0.05, 0) is 17.1 Å². The van der Waals surface area contributed by atoms with Crippen molar-refractivity contribution in [2.24, 2.45) is 0 Å². The molecule has 7 nitrogen and oxygen atoms in total. The van der Waals surface area contributed by atoms with Crippen molar-refractivity contribution in [2.75, 3.05) is 5.75 Å². The Bertz CT molecular complexity index is 930. The summed E-state index contributed by atoms with van der Waals surface area (Å²) in [5.74, 6) is -0.00802. The second-order valence-electron chi connectivity index (χ2n) is 6.03. The average molecular weight is 419 g/mol. The molecule has 1 N–H and O–H groups in total. The summed E-state index contributed by atoms with van der Waals surface area (Å²) in [6.45, 7) is 0. The molecule has 0 spiro atoms. The molecule has 2 atom stereocenters. The highest BCUT2D eigenvalue weighted by Crippen LogP contribution is 2.44. The predicted molar refractivity (Wildman–Crippen MR) is 106 cm³/mol. The molecule has 0 aliphatic carbocycles. The maximum Gasteiger partial charge on any atom is 0.253 e. The van der Waals surface area contributed by atoms with Gasteiger partial charge < -0.3 is 5.32 Å². The topological polar surface area (TPSA) is 92.3 Å².